The van der Waals surface area contributed by atoms with Crippen LogP contribution in [-0.4, -0.2) is 19.5 Å². The highest BCUT2D eigenvalue weighted by Crippen LogP contribution is 2.34. The monoisotopic (exact) mass is 370 g/mol. The second kappa shape index (κ2) is 6.28. The maximum Gasteiger partial charge on any atom is 0.198 e. The summed E-state index contributed by atoms with van der Waals surface area (Å²) in [5.41, 5.74) is 3.91. The van der Waals surface area contributed by atoms with Gasteiger partial charge in [0.1, 0.15) is 5.82 Å². The fourth-order valence-corrected chi connectivity index (χ4v) is 3.43. The summed E-state index contributed by atoms with van der Waals surface area (Å²) in [5.74, 6) is 0.765. The Hall–Kier alpha value is -2.17. The number of halogens is 2. The maximum absolute atomic E-state index is 6.44. The Bertz CT molecular complexity index is 1090. The van der Waals surface area contributed by atoms with Crippen molar-refractivity contribution in [1.29, 1.82) is 0 Å². The Kier molecular flexibility index (Phi) is 4.10. The molecular formula is C19H16Cl2N4. The first-order valence-electron chi connectivity index (χ1n) is 8.18. The lowest BCUT2D eigenvalue weighted by atomic mass is 10.2. The van der Waals surface area contributed by atoms with Gasteiger partial charge in [-0.2, -0.15) is 0 Å². The molecule has 126 valence electrons. The predicted molar refractivity (Wildman–Crippen MR) is 103 cm³/mol. The van der Waals surface area contributed by atoms with Crippen LogP contribution in [0.3, 0.4) is 0 Å². The highest BCUT2D eigenvalue weighted by molar-refractivity contribution is 6.36. The van der Waals surface area contributed by atoms with Gasteiger partial charge in [0.05, 0.1) is 16.1 Å². The predicted octanol–water partition coefficient (Wildman–Crippen LogP) is 5.92. The van der Waals surface area contributed by atoms with Crippen molar-refractivity contribution in [2.75, 3.05) is 0 Å². The average molecular weight is 371 g/mol. The van der Waals surface area contributed by atoms with Crippen molar-refractivity contribution in [3.05, 3.63) is 52.5 Å². The molecule has 1 atom stereocenters. The minimum atomic E-state index is 0.210. The van der Waals surface area contributed by atoms with Crippen LogP contribution in [0.15, 0.2) is 42.5 Å². The van der Waals surface area contributed by atoms with Crippen LogP contribution in [0.2, 0.25) is 10.0 Å². The highest BCUT2D eigenvalue weighted by atomic mass is 35.5. The summed E-state index contributed by atoms with van der Waals surface area (Å²) in [4.78, 5) is 14.2. The fraction of sp³-hybridized carbons (Fsp3) is 0.211. The number of rotatable bonds is 3. The summed E-state index contributed by atoms with van der Waals surface area (Å²) < 4.78 is 2.11. The maximum atomic E-state index is 6.44. The van der Waals surface area contributed by atoms with Crippen LogP contribution < -0.4 is 0 Å². The molecule has 6 heteroatoms. The molecule has 0 spiro atoms. The zero-order valence-corrected chi connectivity index (χ0v) is 15.4. The minimum Gasteiger partial charge on any atom is -0.304 e. The first-order valence-corrected chi connectivity index (χ1v) is 8.94. The van der Waals surface area contributed by atoms with E-state index in [2.05, 4.69) is 23.4 Å². The summed E-state index contributed by atoms with van der Waals surface area (Å²) in [6, 6.07) is 13.5. The summed E-state index contributed by atoms with van der Waals surface area (Å²) in [7, 11) is 0. The second-order valence-corrected chi connectivity index (χ2v) is 6.89. The van der Waals surface area contributed by atoms with Gasteiger partial charge in [-0.05, 0) is 43.7 Å². The molecule has 0 aliphatic rings. The number of fused-ring (bicyclic) bond motifs is 2. The minimum absolute atomic E-state index is 0.210. The van der Waals surface area contributed by atoms with Crippen LogP contribution in [0.1, 0.15) is 26.3 Å². The van der Waals surface area contributed by atoms with Gasteiger partial charge in [-0.3, -0.25) is 0 Å². The van der Waals surface area contributed by atoms with E-state index in [4.69, 9.17) is 33.2 Å². The quantitative estimate of drug-likeness (QED) is 0.449. The standard InChI is InChI=1S/C19H16Cl2N4/c1-3-11(2)25-18(13-9-8-12(20)10-14(13)21)24-17-19(25)23-16-7-5-4-6-15(16)22-17/h4-11H,3H2,1-2H3/t11-/m0/s1. The third-order valence-corrected chi connectivity index (χ3v) is 4.95. The topological polar surface area (TPSA) is 43.6 Å². The molecule has 2 heterocycles. The van der Waals surface area contributed by atoms with E-state index in [1.807, 2.05) is 36.4 Å². The van der Waals surface area contributed by atoms with Gasteiger partial charge in [-0.1, -0.05) is 42.3 Å². The smallest absolute Gasteiger partial charge is 0.198 e. The Labute approximate surface area is 155 Å². The fourth-order valence-electron chi connectivity index (χ4n) is 2.93. The van der Waals surface area contributed by atoms with Crippen LogP contribution >= 0.6 is 23.2 Å². The normalized spacial score (nSPS) is 12.8. The van der Waals surface area contributed by atoms with Crippen LogP contribution in [0.5, 0.6) is 0 Å². The zero-order valence-electron chi connectivity index (χ0n) is 13.9. The molecule has 0 saturated carbocycles. The molecule has 25 heavy (non-hydrogen) atoms. The molecule has 0 fully saturated rings. The molecule has 0 N–H and O–H groups in total. The third kappa shape index (κ3) is 2.75. The molecular weight excluding hydrogens is 355 g/mol. The van der Waals surface area contributed by atoms with Crippen LogP contribution in [0.25, 0.3) is 33.7 Å². The van der Waals surface area contributed by atoms with Crippen molar-refractivity contribution >= 4 is 45.5 Å². The van der Waals surface area contributed by atoms with E-state index in [1.54, 1.807) is 6.07 Å². The molecule has 0 bridgehead atoms. The van der Waals surface area contributed by atoms with E-state index >= 15 is 0 Å². The van der Waals surface area contributed by atoms with E-state index in [0.717, 1.165) is 34.5 Å². The van der Waals surface area contributed by atoms with Gasteiger partial charge in [0.2, 0.25) is 0 Å². The summed E-state index contributed by atoms with van der Waals surface area (Å²) in [5, 5.41) is 1.17. The van der Waals surface area contributed by atoms with E-state index in [0.29, 0.717) is 15.7 Å². The molecule has 0 aliphatic carbocycles. The number of benzene rings is 2. The largest absolute Gasteiger partial charge is 0.304 e. The van der Waals surface area contributed by atoms with E-state index in [-0.39, 0.29) is 6.04 Å². The number of hydrogen-bond acceptors (Lipinski definition) is 3. The number of aromatic nitrogens is 4. The Morgan fingerprint density at radius 1 is 1.00 bits per heavy atom. The van der Waals surface area contributed by atoms with Gasteiger partial charge in [-0.15, -0.1) is 0 Å². The second-order valence-electron chi connectivity index (χ2n) is 6.05. The molecule has 0 radical (unpaired) electrons. The summed E-state index contributed by atoms with van der Waals surface area (Å²) >= 11 is 12.5. The van der Waals surface area contributed by atoms with Crippen molar-refractivity contribution < 1.29 is 0 Å². The Balaban J connectivity index is 2.07. The van der Waals surface area contributed by atoms with Gasteiger partial charge >= 0.3 is 0 Å². The number of nitrogens with zero attached hydrogens (tertiary/aromatic N) is 4. The molecule has 0 aliphatic heterocycles. The number of hydrogen-bond donors (Lipinski definition) is 0. The van der Waals surface area contributed by atoms with Gasteiger partial charge in [0.15, 0.2) is 11.3 Å². The van der Waals surface area contributed by atoms with Crippen molar-refractivity contribution in [1.82, 2.24) is 19.5 Å². The van der Waals surface area contributed by atoms with Crippen molar-refractivity contribution in [3.63, 3.8) is 0 Å². The Morgan fingerprint density at radius 2 is 1.72 bits per heavy atom. The molecule has 2 aromatic carbocycles. The van der Waals surface area contributed by atoms with E-state index < -0.39 is 0 Å². The summed E-state index contributed by atoms with van der Waals surface area (Å²) in [6.07, 6.45) is 0.943. The van der Waals surface area contributed by atoms with Gasteiger partial charge < -0.3 is 4.57 Å². The van der Waals surface area contributed by atoms with Gasteiger partial charge in [-0.25, -0.2) is 15.0 Å². The molecule has 0 unspecified atom stereocenters. The van der Waals surface area contributed by atoms with Crippen LogP contribution in [0, 0.1) is 0 Å². The zero-order chi connectivity index (χ0) is 17.6. The third-order valence-electron chi connectivity index (χ3n) is 4.41. The van der Waals surface area contributed by atoms with Crippen molar-refractivity contribution in [2.24, 2.45) is 0 Å². The number of para-hydroxylation sites is 2. The van der Waals surface area contributed by atoms with Gasteiger partial charge in [0, 0.05) is 16.6 Å². The van der Waals surface area contributed by atoms with E-state index in [1.165, 1.54) is 0 Å². The average Bonchev–Trinajstić information content (AvgIpc) is 2.97. The molecule has 4 nitrogen and oxygen atoms in total. The lowest BCUT2D eigenvalue weighted by Crippen LogP contribution is -2.07. The Morgan fingerprint density at radius 3 is 2.40 bits per heavy atom. The van der Waals surface area contributed by atoms with Crippen molar-refractivity contribution in [2.45, 2.75) is 26.3 Å². The van der Waals surface area contributed by atoms with E-state index in [9.17, 15) is 0 Å². The van der Waals surface area contributed by atoms with Crippen LogP contribution in [-0.2, 0) is 0 Å². The molecule has 0 amide bonds. The lowest BCUT2D eigenvalue weighted by molar-refractivity contribution is 0.547. The molecule has 4 rings (SSSR count). The number of imidazole rings is 1. The van der Waals surface area contributed by atoms with Crippen LogP contribution in [0.4, 0.5) is 0 Å². The summed E-state index contributed by atoms with van der Waals surface area (Å²) in [6.45, 7) is 4.28. The first kappa shape index (κ1) is 16.3. The molecule has 4 aromatic rings. The molecule has 2 aromatic heterocycles. The lowest BCUT2D eigenvalue weighted by Gasteiger charge is -2.16. The SMILES string of the molecule is CC[C@H](C)n1c(-c2ccc(Cl)cc2Cl)nc2nc3ccccc3nc21. The van der Waals surface area contributed by atoms with Crippen molar-refractivity contribution in [3.8, 4) is 11.4 Å². The highest BCUT2D eigenvalue weighted by Gasteiger charge is 2.20. The first-order chi connectivity index (χ1) is 12.1. The van der Waals surface area contributed by atoms with Gasteiger partial charge in [0.25, 0.3) is 0 Å². The molecule has 0 saturated heterocycles.